The van der Waals surface area contributed by atoms with Crippen LogP contribution in [-0.2, 0) is 11.3 Å². The van der Waals surface area contributed by atoms with Crippen LogP contribution in [0.4, 0.5) is 0 Å². The fourth-order valence-corrected chi connectivity index (χ4v) is 3.57. The Labute approximate surface area is 146 Å². The van der Waals surface area contributed by atoms with Crippen LogP contribution in [0, 0.1) is 5.92 Å². The highest BCUT2D eigenvalue weighted by molar-refractivity contribution is 6.30. The predicted molar refractivity (Wildman–Crippen MR) is 93.6 cm³/mol. The second kappa shape index (κ2) is 7.24. The second-order valence-electron chi connectivity index (χ2n) is 6.12. The molecule has 1 aliphatic rings. The maximum Gasteiger partial charge on any atom is 0.308 e. The number of methoxy groups -OCH3 is 1. The maximum absolute atomic E-state index is 11.8. The van der Waals surface area contributed by atoms with E-state index >= 15 is 0 Å². The number of rotatable bonds is 5. The van der Waals surface area contributed by atoms with Crippen LogP contribution >= 0.6 is 11.6 Å². The molecule has 2 aromatic rings. The third-order valence-electron chi connectivity index (χ3n) is 4.56. The van der Waals surface area contributed by atoms with Gasteiger partial charge in [-0.15, -0.1) is 0 Å². The highest BCUT2D eigenvalue weighted by Crippen LogP contribution is 2.39. The van der Waals surface area contributed by atoms with Crippen molar-refractivity contribution in [1.29, 1.82) is 0 Å². The van der Waals surface area contributed by atoms with Gasteiger partial charge in [-0.05, 0) is 23.3 Å². The lowest BCUT2D eigenvalue weighted by atomic mass is 9.88. The van der Waals surface area contributed by atoms with E-state index in [1.807, 2.05) is 24.3 Å². The van der Waals surface area contributed by atoms with E-state index in [4.69, 9.17) is 16.3 Å². The first kappa shape index (κ1) is 16.8. The number of carboxylic acids is 1. The molecular weight excluding hydrogens is 326 g/mol. The van der Waals surface area contributed by atoms with Gasteiger partial charge in [-0.25, -0.2) is 0 Å². The van der Waals surface area contributed by atoms with E-state index in [1.54, 1.807) is 19.2 Å². The lowest BCUT2D eigenvalue weighted by Crippen LogP contribution is -2.23. The van der Waals surface area contributed by atoms with Gasteiger partial charge in [0.2, 0.25) is 0 Å². The van der Waals surface area contributed by atoms with Gasteiger partial charge in [0.25, 0.3) is 0 Å². The number of hydrogen-bond acceptors (Lipinski definition) is 3. The quantitative estimate of drug-likeness (QED) is 0.898. The van der Waals surface area contributed by atoms with Crippen molar-refractivity contribution < 1.29 is 14.6 Å². The minimum Gasteiger partial charge on any atom is -0.496 e. The standard InChI is InChI=1S/C19H20ClNO3/c1-24-18-9-14(20)7-8-15(18)16-11-21(12-17(16)19(22)23)10-13-5-3-2-4-6-13/h2-9,16-17H,10-12H2,1H3,(H,22,23)/t16-,17+/m1/s1. The third-order valence-corrected chi connectivity index (χ3v) is 4.79. The molecule has 4 nitrogen and oxygen atoms in total. The summed E-state index contributed by atoms with van der Waals surface area (Å²) in [6.07, 6.45) is 0. The molecule has 0 bridgehead atoms. The Kier molecular flexibility index (Phi) is 5.07. The number of benzene rings is 2. The summed E-state index contributed by atoms with van der Waals surface area (Å²) in [5, 5.41) is 10.2. The van der Waals surface area contributed by atoms with E-state index in [0.29, 0.717) is 23.9 Å². The molecule has 5 heteroatoms. The Balaban J connectivity index is 1.85. The summed E-state index contributed by atoms with van der Waals surface area (Å²) in [5.41, 5.74) is 2.09. The van der Waals surface area contributed by atoms with Gasteiger partial charge < -0.3 is 9.84 Å². The minimum atomic E-state index is -0.771. The number of carbonyl (C=O) groups is 1. The molecule has 3 rings (SSSR count). The molecule has 24 heavy (non-hydrogen) atoms. The average molecular weight is 346 g/mol. The molecule has 0 spiro atoms. The molecule has 0 saturated carbocycles. The van der Waals surface area contributed by atoms with Gasteiger partial charge in [0.05, 0.1) is 13.0 Å². The van der Waals surface area contributed by atoms with Crippen molar-refractivity contribution in [2.45, 2.75) is 12.5 Å². The molecule has 0 amide bonds. The zero-order valence-corrected chi connectivity index (χ0v) is 14.2. The van der Waals surface area contributed by atoms with Gasteiger partial charge in [-0.3, -0.25) is 9.69 Å². The van der Waals surface area contributed by atoms with E-state index in [1.165, 1.54) is 5.56 Å². The largest absolute Gasteiger partial charge is 0.496 e. The van der Waals surface area contributed by atoms with Crippen molar-refractivity contribution in [3.63, 3.8) is 0 Å². The van der Waals surface area contributed by atoms with Crippen LogP contribution in [0.3, 0.4) is 0 Å². The Morgan fingerprint density at radius 2 is 2.00 bits per heavy atom. The smallest absolute Gasteiger partial charge is 0.308 e. The summed E-state index contributed by atoms with van der Waals surface area (Å²) in [6, 6.07) is 15.5. The summed E-state index contributed by atoms with van der Waals surface area (Å²) in [7, 11) is 1.58. The third kappa shape index (κ3) is 3.55. The number of nitrogens with zero attached hydrogens (tertiary/aromatic N) is 1. The number of carboxylic acid groups (broad SMARTS) is 1. The van der Waals surface area contributed by atoms with Crippen molar-refractivity contribution >= 4 is 17.6 Å². The van der Waals surface area contributed by atoms with Crippen LogP contribution in [0.15, 0.2) is 48.5 Å². The number of halogens is 1. The van der Waals surface area contributed by atoms with Gasteiger partial charge in [0, 0.05) is 30.6 Å². The molecule has 1 N–H and O–H groups in total. The molecule has 2 atom stereocenters. The molecular formula is C19H20ClNO3. The molecule has 1 heterocycles. The van der Waals surface area contributed by atoms with Crippen LogP contribution in [0.5, 0.6) is 5.75 Å². The molecule has 1 fully saturated rings. The zero-order valence-electron chi connectivity index (χ0n) is 13.5. The summed E-state index contributed by atoms with van der Waals surface area (Å²) < 4.78 is 5.42. The van der Waals surface area contributed by atoms with Crippen LogP contribution in [0.2, 0.25) is 5.02 Å². The highest BCUT2D eigenvalue weighted by Gasteiger charge is 2.39. The molecule has 126 valence electrons. The van der Waals surface area contributed by atoms with Crippen molar-refractivity contribution in [3.05, 3.63) is 64.7 Å². The summed E-state index contributed by atoms with van der Waals surface area (Å²) in [6.45, 7) is 1.96. The lowest BCUT2D eigenvalue weighted by molar-refractivity contribution is -0.141. The van der Waals surface area contributed by atoms with Crippen LogP contribution in [0.25, 0.3) is 0 Å². The van der Waals surface area contributed by atoms with Gasteiger partial charge in [0.15, 0.2) is 0 Å². The number of likely N-dealkylation sites (tertiary alicyclic amines) is 1. The Hall–Kier alpha value is -2.04. The SMILES string of the molecule is COc1cc(Cl)ccc1[C@H]1CN(Cc2ccccc2)C[C@@H]1C(=O)O. The number of aliphatic carboxylic acids is 1. The normalized spacial score (nSPS) is 20.9. The Morgan fingerprint density at radius 1 is 1.25 bits per heavy atom. The van der Waals surface area contributed by atoms with E-state index < -0.39 is 11.9 Å². The van der Waals surface area contributed by atoms with E-state index in [-0.39, 0.29) is 5.92 Å². The van der Waals surface area contributed by atoms with Gasteiger partial charge >= 0.3 is 5.97 Å². The van der Waals surface area contributed by atoms with Gasteiger partial charge in [-0.2, -0.15) is 0 Å². The first-order chi connectivity index (χ1) is 11.6. The van der Waals surface area contributed by atoms with Crippen molar-refractivity contribution in [1.82, 2.24) is 4.90 Å². The van der Waals surface area contributed by atoms with Crippen molar-refractivity contribution in [2.24, 2.45) is 5.92 Å². The minimum absolute atomic E-state index is 0.113. The number of hydrogen-bond donors (Lipinski definition) is 1. The summed E-state index contributed by atoms with van der Waals surface area (Å²) >= 11 is 6.03. The predicted octanol–water partition coefficient (Wildman–Crippen LogP) is 3.65. The van der Waals surface area contributed by atoms with Crippen LogP contribution in [0.1, 0.15) is 17.0 Å². The van der Waals surface area contributed by atoms with E-state index in [0.717, 1.165) is 12.1 Å². The summed E-state index contributed by atoms with van der Waals surface area (Å²) in [5.74, 6) is -0.685. The Bertz CT molecular complexity index is 720. The molecule has 1 aliphatic heterocycles. The monoisotopic (exact) mass is 345 g/mol. The molecule has 1 saturated heterocycles. The molecule has 0 radical (unpaired) electrons. The fraction of sp³-hybridized carbons (Fsp3) is 0.316. The average Bonchev–Trinajstić information content (AvgIpc) is 2.99. The van der Waals surface area contributed by atoms with E-state index in [9.17, 15) is 9.90 Å². The van der Waals surface area contributed by atoms with Crippen molar-refractivity contribution in [3.8, 4) is 5.75 Å². The highest BCUT2D eigenvalue weighted by atomic mass is 35.5. The zero-order chi connectivity index (χ0) is 17.1. The molecule has 2 aromatic carbocycles. The lowest BCUT2D eigenvalue weighted by Gasteiger charge is -2.19. The van der Waals surface area contributed by atoms with Crippen molar-refractivity contribution in [2.75, 3.05) is 20.2 Å². The number of ether oxygens (including phenoxy) is 1. The first-order valence-corrected chi connectivity index (χ1v) is 8.29. The molecule has 0 aliphatic carbocycles. The topological polar surface area (TPSA) is 49.8 Å². The Morgan fingerprint density at radius 3 is 2.67 bits per heavy atom. The second-order valence-corrected chi connectivity index (χ2v) is 6.55. The van der Waals surface area contributed by atoms with E-state index in [2.05, 4.69) is 17.0 Å². The fourth-order valence-electron chi connectivity index (χ4n) is 3.41. The maximum atomic E-state index is 11.8. The summed E-state index contributed by atoms with van der Waals surface area (Å²) in [4.78, 5) is 13.9. The van der Waals surface area contributed by atoms with Gasteiger partial charge in [0.1, 0.15) is 5.75 Å². The molecule has 0 aromatic heterocycles. The van der Waals surface area contributed by atoms with Crippen LogP contribution < -0.4 is 4.74 Å². The van der Waals surface area contributed by atoms with Crippen LogP contribution in [-0.4, -0.2) is 36.2 Å². The molecule has 0 unspecified atom stereocenters. The first-order valence-electron chi connectivity index (χ1n) is 7.91. The van der Waals surface area contributed by atoms with Gasteiger partial charge in [-0.1, -0.05) is 48.0 Å².